The number of hydrogen-bond acceptors (Lipinski definition) is 1. The van der Waals surface area contributed by atoms with Crippen molar-refractivity contribution < 1.29 is 13.6 Å². The number of carbonyl (C=O) groups is 1. The lowest BCUT2D eigenvalue weighted by Gasteiger charge is -2.20. The Morgan fingerprint density at radius 1 is 0.692 bits per heavy atom. The van der Waals surface area contributed by atoms with Crippen LogP contribution in [0.2, 0.25) is 30.1 Å². The summed E-state index contributed by atoms with van der Waals surface area (Å²) in [6.07, 6.45) is 0. The van der Waals surface area contributed by atoms with Crippen molar-refractivity contribution in [2.24, 2.45) is 0 Å². The molecule has 0 radical (unpaired) electrons. The van der Waals surface area contributed by atoms with Gasteiger partial charge in [-0.1, -0.05) is 69.6 Å². The van der Waals surface area contributed by atoms with Crippen LogP contribution in [0.1, 0.15) is 23.0 Å². The minimum atomic E-state index is -1.28. The summed E-state index contributed by atoms with van der Waals surface area (Å²) in [6, 6.07) is 5.31. The van der Waals surface area contributed by atoms with Crippen LogP contribution in [0.25, 0.3) is 0 Å². The van der Waals surface area contributed by atoms with E-state index in [0.29, 0.717) is 0 Å². The zero-order valence-corrected chi connectivity index (χ0v) is 17.3. The summed E-state index contributed by atoms with van der Waals surface area (Å²) in [5.41, 5.74) is 0.392. The second-order valence-electron chi connectivity index (χ2n) is 5.41. The van der Waals surface area contributed by atoms with Crippen molar-refractivity contribution >= 4 is 75.4 Å². The summed E-state index contributed by atoms with van der Waals surface area (Å²) in [7, 11) is 0. The number of hydrogen-bond donors (Lipinski definition) is 0. The summed E-state index contributed by atoms with van der Waals surface area (Å²) in [6.45, 7) is -2.14. The highest BCUT2D eigenvalue weighted by atomic mass is 35.5. The van der Waals surface area contributed by atoms with E-state index in [1.165, 1.54) is 24.3 Å². The summed E-state index contributed by atoms with van der Waals surface area (Å²) in [5.74, 6) is -3.27. The zero-order valence-electron chi connectivity index (χ0n) is 12.8. The molecule has 0 spiro atoms. The van der Waals surface area contributed by atoms with Crippen molar-refractivity contribution in [3.05, 3.63) is 65.5 Å². The number of Topliss-reactive ketones (excluding diaryl/α,β-unsaturated/α-hetero) is 1. The van der Waals surface area contributed by atoms with Crippen LogP contribution in [0.5, 0.6) is 0 Å². The molecule has 1 nitrogen and oxygen atoms in total. The van der Waals surface area contributed by atoms with Gasteiger partial charge in [-0.05, 0) is 35.4 Å². The van der Waals surface area contributed by atoms with Crippen molar-refractivity contribution in [2.75, 3.05) is 13.3 Å². The normalized spacial score (nSPS) is 13.5. The van der Waals surface area contributed by atoms with E-state index in [9.17, 15) is 13.6 Å². The van der Waals surface area contributed by atoms with E-state index in [1.54, 1.807) is 0 Å². The van der Waals surface area contributed by atoms with Gasteiger partial charge in [-0.2, -0.15) is 0 Å². The van der Waals surface area contributed by atoms with Crippen LogP contribution >= 0.6 is 69.6 Å². The quantitative estimate of drug-likeness (QED) is 0.383. The third-order valence-electron chi connectivity index (χ3n) is 3.81. The van der Waals surface area contributed by atoms with Crippen LogP contribution in [-0.2, 0) is 4.79 Å². The summed E-state index contributed by atoms with van der Waals surface area (Å²) in [4.78, 5) is 12.8. The molecule has 0 saturated heterocycles. The topological polar surface area (TPSA) is 17.1 Å². The third-order valence-corrected chi connectivity index (χ3v) is 6.21. The van der Waals surface area contributed by atoms with Gasteiger partial charge in [0.1, 0.15) is 13.3 Å². The van der Waals surface area contributed by atoms with Crippen molar-refractivity contribution in [2.45, 2.75) is 11.8 Å². The Hall–Kier alpha value is -0.290. The molecule has 0 aliphatic rings. The van der Waals surface area contributed by atoms with Crippen molar-refractivity contribution in [1.29, 1.82) is 0 Å². The maximum atomic E-state index is 13.7. The Morgan fingerprint density at radius 2 is 0.962 bits per heavy atom. The molecular formula is C17H10Cl6F2O. The molecule has 0 bridgehead atoms. The predicted molar refractivity (Wildman–Crippen MR) is 105 cm³/mol. The number of halogens is 8. The molecular weight excluding hydrogens is 471 g/mol. The van der Waals surface area contributed by atoms with Crippen LogP contribution in [0.4, 0.5) is 8.78 Å². The fourth-order valence-electron chi connectivity index (χ4n) is 2.45. The molecule has 140 valence electrons. The Labute approximate surface area is 179 Å². The van der Waals surface area contributed by atoms with E-state index in [4.69, 9.17) is 69.6 Å². The molecule has 2 atom stereocenters. The van der Waals surface area contributed by atoms with Crippen molar-refractivity contribution in [3.63, 3.8) is 0 Å². The first kappa shape index (κ1) is 22.0. The first-order chi connectivity index (χ1) is 12.2. The molecule has 0 aliphatic carbocycles. The standard InChI is InChI=1S/C17H10Cl6F2O/c18-11-1-7(2-12(19)15(11)22)9(5-24)17(26)10(6-25)8-3-13(20)16(23)14(21)4-8/h1-4,9-10H,5-6H2. The minimum absolute atomic E-state index is 0.0646. The number of benzene rings is 2. The number of ketones is 1. The molecule has 0 fully saturated rings. The third kappa shape index (κ3) is 4.57. The van der Waals surface area contributed by atoms with Gasteiger partial charge >= 0.3 is 0 Å². The average molecular weight is 481 g/mol. The lowest BCUT2D eigenvalue weighted by molar-refractivity contribution is -0.122. The van der Waals surface area contributed by atoms with Crippen molar-refractivity contribution in [3.8, 4) is 0 Å². The van der Waals surface area contributed by atoms with Crippen LogP contribution in [0.15, 0.2) is 24.3 Å². The van der Waals surface area contributed by atoms with Crippen LogP contribution < -0.4 is 0 Å². The van der Waals surface area contributed by atoms with E-state index in [1.807, 2.05) is 0 Å². The predicted octanol–water partition coefficient (Wildman–Crippen LogP) is 7.98. The highest BCUT2D eigenvalue weighted by Crippen LogP contribution is 2.38. The summed E-state index contributed by atoms with van der Waals surface area (Å²) >= 11 is 35.5. The molecule has 9 heteroatoms. The fourth-order valence-corrected chi connectivity index (χ4v) is 3.68. The lowest BCUT2D eigenvalue weighted by atomic mass is 9.85. The first-order valence-electron chi connectivity index (χ1n) is 7.15. The SMILES string of the molecule is O=C(C(CF)c1cc(Cl)c(Cl)c(Cl)c1)C(CF)c1cc(Cl)c(Cl)c(Cl)c1. The smallest absolute Gasteiger partial charge is 0.153 e. The molecule has 0 saturated carbocycles. The highest BCUT2D eigenvalue weighted by molar-refractivity contribution is 6.48. The van der Waals surface area contributed by atoms with Gasteiger partial charge in [0.05, 0.1) is 42.0 Å². The van der Waals surface area contributed by atoms with Gasteiger partial charge in [-0.15, -0.1) is 0 Å². The summed E-state index contributed by atoms with van der Waals surface area (Å²) in [5, 5.41) is 0.426. The van der Waals surface area contributed by atoms with Crippen LogP contribution in [0.3, 0.4) is 0 Å². The number of rotatable bonds is 6. The van der Waals surface area contributed by atoms with E-state index in [-0.39, 0.29) is 41.3 Å². The molecule has 0 amide bonds. The Bertz CT molecular complexity index is 728. The molecule has 0 heterocycles. The largest absolute Gasteiger partial charge is 0.298 e. The summed E-state index contributed by atoms with van der Waals surface area (Å²) < 4.78 is 27.3. The molecule has 2 rings (SSSR count). The van der Waals surface area contributed by atoms with Crippen LogP contribution in [-0.4, -0.2) is 19.1 Å². The Kier molecular flexibility index (Phi) is 7.85. The van der Waals surface area contributed by atoms with E-state index >= 15 is 0 Å². The minimum Gasteiger partial charge on any atom is -0.298 e. The van der Waals surface area contributed by atoms with Gasteiger partial charge in [-0.25, -0.2) is 8.78 Å². The molecule has 0 aromatic heterocycles. The van der Waals surface area contributed by atoms with E-state index < -0.39 is 31.0 Å². The second-order valence-corrected chi connectivity index (χ2v) is 7.80. The molecule has 0 N–H and O–H groups in total. The average Bonchev–Trinajstić information content (AvgIpc) is 2.58. The zero-order chi connectivity index (χ0) is 19.6. The van der Waals surface area contributed by atoms with Gasteiger partial charge < -0.3 is 0 Å². The maximum absolute atomic E-state index is 13.7. The Morgan fingerprint density at radius 3 is 1.19 bits per heavy atom. The lowest BCUT2D eigenvalue weighted by Crippen LogP contribution is -2.24. The molecule has 26 heavy (non-hydrogen) atoms. The maximum Gasteiger partial charge on any atom is 0.153 e. The first-order valence-corrected chi connectivity index (χ1v) is 9.42. The molecule has 2 aromatic rings. The molecule has 2 unspecified atom stereocenters. The fraction of sp³-hybridized carbons (Fsp3) is 0.235. The van der Waals surface area contributed by atoms with Crippen LogP contribution in [0, 0.1) is 0 Å². The monoisotopic (exact) mass is 478 g/mol. The molecule has 0 aliphatic heterocycles. The van der Waals surface area contributed by atoms with E-state index in [2.05, 4.69) is 0 Å². The van der Waals surface area contributed by atoms with Gasteiger partial charge in [0.15, 0.2) is 5.78 Å². The Balaban J connectivity index is 2.45. The highest BCUT2D eigenvalue weighted by Gasteiger charge is 2.31. The number of carbonyl (C=O) groups excluding carboxylic acids is 1. The second kappa shape index (κ2) is 9.27. The van der Waals surface area contributed by atoms with Gasteiger partial charge in [0, 0.05) is 0 Å². The van der Waals surface area contributed by atoms with E-state index in [0.717, 1.165) is 0 Å². The van der Waals surface area contributed by atoms with Gasteiger partial charge in [-0.3, -0.25) is 4.79 Å². The van der Waals surface area contributed by atoms with Gasteiger partial charge in [0.2, 0.25) is 0 Å². The van der Waals surface area contributed by atoms with Crippen molar-refractivity contribution in [1.82, 2.24) is 0 Å². The number of alkyl halides is 2. The van der Waals surface area contributed by atoms with Gasteiger partial charge in [0.25, 0.3) is 0 Å². The molecule has 2 aromatic carbocycles.